The van der Waals surface area contributed by atoms with Crippen molar-refractivity contribution < 1.29 is 0 Å². The third kappa shape index (κ3) is 3.54. The minimum absolute atomic E-state index is 0.478. The molecule has 0 aromatic carbocycles. The predicted molar refractivity (Wildman–Crippen MR) is 84.1 cm³/mol. The van der Waals surface area contributed by atoms with Crippen LogP contribution in [0.15, 0.2) is 0 Å². The van der Waals surface area contributed by atoms with Crippen LogP contribution in [0.3, 0.4) is 0 Å². The molecule has 2 fully saturated rings. The Morgan fingerprint density at radius 2 is 1.79 bits per heavy atom. The fraction of sp³-hybridized carbons (Fsp3) is 1.00. The molecule has 0 heterocycles. The summed E-state index contributed by atoms with van der Waals surface area (Å²) in [6, 6.07) is 0.478. The molecule has 2 saturated carbocycles. The SMILES string of the molecule is CCC1CCCC(C(N)C2(CC(C)C)CCCC2)C1. The summed E-state index contributed by atoms with van der Waals surface area (Å²) in [6.45, 7) is 7.11. The first-order valence-corrected chi connectivity index (χ1v) is 8.83. The van der Waals surface area contributed by atoms with Gasteiger partial charge in [0, 0.05) is 6.04 Å². The minimum Gasteiger partial charge on any atom is -0.327 e. The Hall–Kier alpha value is -0.0400. The molecule has 2 rings (SSSR count). The van der Waals surface area contributed by atoms with E-state index in [4.69, 9.17) is 5.73 Å². The van der Waals surface area contributed by atoms with Gasteiger partial charge in [-0.3, -0.25) is 0 Å². The molecule has 2 aliphatic rings. The van der Waals surface area contributed by atoms with E-state index in [1.165, 1.54) is 64.2 Å². The van der Waals surface area contributed by atoms with Gasteiger partial charge in [-0.1, -0.05) is 52.9 Å². The van der Waals surface area contributed by atoms with Crippen molar-refractivity contribution in [2.45, 2.75) is 91.0 Å². The molecule has 0 spiro atoms. The van der Waals surface area contributed by atoms with Crippen LogP contribution in [-0.4, -0.2) is 6.04 Å². The van der Waals surface area contributed by atoms with Crippen molar-refractivity contribution >= 4 is 0 Å². The molecule has 2 aliphatic carbocycles. The van der Waals surface area contributed by atoms with Gasteiger partial charge >= 0.3 is 0 Å². The summed E-state index contributed by atoms with van der Waals surface area (Å²) in [5.74, 6) is 2.58. The molecule has 0 radical (unpaired) electrons. The third-order valence-corrected chi connectivity index (χ3v) is 6.03. The van der Waals surface area contributed by atoms with Gasteiger partial charge in [0.1, 0.15) is 0 Å². The van der Waals surface area contributed by atoms with Gasteiger partial charge in [0.2, 0.25) is 0 Å². The molecule has 0 saturated heterocycles. The van der Waals surface area contributed by atoms with Crippen LogP contribution in [0.1, 0.15) is 85.0 Å². The van der Waals surface area contributed by atoms with E-state index >= 15 is 0 Å². The van der Waals surface area contributed by atoms with Gasteiger partial charge in [-0.25, -0.2) is 0 Å². The quantitative estimate of drug-likeness (QED) is 0.732. The highest BCUT2D eigenvalue weighted by Crippen LogP contribution is 2.49. The number of hydrogen-bond donors (Lipinski definition) is 1. The molecule has 0 amide bonds. The molecular formula is C18H35N. The van der Waals surface area contributed by atoms with E-state index in [1.807, 2.05) is 0 Å². The van der Waals surface area contributed by atoms with Gasteiger partial charge in [-0.05, 0) is 55.3 Å². The van der Waals surface area contributed by atoms with E-state index in [9.17, 15) is 0 Å². The van der Waals surface area contributed by atoms with Crippen LogP contribution in [0.4, 0.5) is 0 Å². The monoisotopic (exact) mass is 265 g/mol. The standard InChI is InChI=1S/C18H35N/c1-4-15-8-7-9-16(12-15)17(19)18(13-14(2)3)10-5-6-11-18/h14-17H,4-13,19H2,1-3H3. The Morgan fingerprint density at radius 3 is 2.37 bits per heavy atom. The highest BCUT2D eigenvalue weighted by atomic mass is 14.7. The maximum Gasteiger partial charge on any atom is 0.0124 e. The first-order chi connectivity index (χ1) is 9.07. The van der Waals surface area contributed by atoms with E-state index < -0.39 is 0 Å². The molecule has 19 heavy (non-hydrogen) atoms. The highest BCUT2D eigenvalue weighted by molar-refractivity contribution is 4.97. The Bertz CT molecular complexity index is 265. The third-order valence-electron chi connectivity index (χ3n) is 6.03. The van der Waals surface area contributed by atoms with Crippen LogP contribution in [0.5, 0.6) is 0 Å². The maximum atomic E-state index is 6.85. The lowest BCUT2D eigenvalue weighted by molar-refractivity contribution is 0.102. The molecule has 0 aliphatic heterocycles. The van der Waals surface area contributed by atoms with E-state index in [1.54, 1.807) is 0 Å². The van der Waals surface area contributed by atoms with Crippen LogP contribution >= 0.6 is 0 Å². The molecule has 3 atom stereocenters. The van der Waals surface area contributed by atoms with Gasteiger partial charge in [0.25, 0.3) is 0 Å². The van der Waals surface area contributed by atoms with Gasteiger partial charge in [-0.2, -0.15) is 0 Å². The predicted octanol–water partition coefficient (Wildman–Crippen LogP) is 5.14. The Labute approximate surface area is 120 Å². The lowest BCUT2D eigenvalue weighted by Gasteiger charge is -2.44. The number of rotatable bonds is 5. The fourth-order valence-corrected chi connectivity index (χ4v) is 5.10. The largest absolute Gasteiger partial charge is 0.327 e. The second-order valence-corrected chi connectivity index (χ2v) is 7.89. The second-order valence-electron chi connectivity index (χ2n) is 7.89. The molecule has 1 heteroatoms. The highest BCUT2D eigenvalue weighted by Gasteiger charge is 2.43. The zero-order valence-electron chi connectivity index (χ0n) is 13.5. The van der Waals surface area contributed by atoms with Crippen molar-refractivity contribution in [3.8, 4) is 0 Å². The average Bonchev–Trinajstić information content (AvgIpc) is 2.86. The van der Waals surface area contributed by atoms with E-state index in [0.29, 0.717) is 11.5 Å². The van der Waals surface area contributed by atoms with E-state index in [0.717, 1.165) is 17.8 Å². The fourth-order valence-electron chi connectivity index (χ4n) is 5.10. The van der Waals surface area contributed by atoms with Gasteiger partial charge in [0.15, 0.2) is 0 Å². The van der Waals surface area contributed by atoms with Crippen molar-refractivity contribution in [3.05, 3.63) is 0 Å². The molecule has 1 nitrogen and oxygen atoms in total. The molecule has 0 aromatic rings. The zero-order valence-corrected chi connectivity index (χ0v) is 13.5. The minimum atomic E-state index is 0.478. The number of hydrogen-bond acceptors (Lipinski definition) is 1. The first kappa shape index (κ1) is 15.4. The Balaban J connectivity index is 2.04. The van der Waals surface area contributed by atoms with Crippen LogP contribution in [0, 0.1) is 23.2 Å². The summed E-state index contributed by atoms with van der Waals surface area (Å²) < 4.78 is 0. The van der Waals surface area contributed by atoms with Crippen molar-refractivity contribution in [1.29, 1.82) is 0 Å². The zero-order chi connectivity index (χ0) is 13.9. The van der Waals surface area contributed by atoms with E-state index in [2.05, 4.69) is 20.8 Å². The molecular weight excluding hydrogens is 230 g/mol. The molecule has 3 unspecified atom stereocenters. The van der Waals surface area contributed by atoms with Crippen molar-refractivity contribution in [2.24, 2.45) is 28.9 Å². The summed E-state index contributed by atoms with van der Waals surface area (Å²) in [5, 5.41) is 0. The molecule has 0 aromatic heterocycles. The lowest BCUT2D eigenvalue weighted by Crippen LogP contribution is -2.47. The normalized spacial score (nSPS) is 32.7. The van der Waals surface area contributed by atoms with Crippen molar-refractivity contribution in [3.63, 3.8) is 0 Å². The molecule has 2 N–H and O–H groups in total. The average molecular weight is 265 g/mol. The van der Waals surface area contributed by atoms with Gasteiger partial charge in [0.05, 0.1) is 0 Å². The summed E-state index contributed by atoms with van der Waals surface area (Å²) in [7, 11) is 0. The van der Waals surface area contributed by atoms with Gasteiger partial charge in [-0.15, -0.1) is 0 Å². The van der Waals surface area contributed by atoms with Crippen molar-refractivity contribution in [1.82, 2.24) is 0 Å². The summed E-state index contributed by atoms with van der Waals surface area (Å²) >= 11 is 0. The smallest absolute Gasteiger partial charge is 0.0124 e. The summed E-state index contributed by atoms with van der Waals surface area (Å²) in [5.41, 5.74) is 7.35. The second kappa shape index (κ2) is 6.61. The Kier molecular flexibility index (Phi) is 5.34. The number of nitrogens with two attached hydrogens (primary N) is 1. The van der Waals surface area contributed by atoms with Crippen LogP contribution in [0.25, 0.3) is 0 Å². The summed E-state index contributed by atoms with van der Waals surface area (Å²) in [4.78, 5) is 0. The topological polar surface area (TPSA) is 26.0 Å². The van der Waals surface area contributed by atoms with Crippen LogP contribution < -0.4 is 5.73 Å². The Morgan fingerprint density at radius 1 is 1.11 bits per heavy atom. The lowest BCUT2D eigenvalue weighted by atomic mass is 9.64. The summed E-state index contributed by atoms with van der Waals surface area (Å²) in [6.07, 6.45) is 14.1. The van der Waals surface area contributed by atoms with Crippen molar-refractivity contribution in [2.75, 3.05) is 0 Å². The van der Waals surface area contributed by atoms with E-state index in [-0.39, 0.29) is 0 Å². The van der Waals surface area contributed by atoms with Crippen LogP contribution in [-0.2, 0) is 0 Å². The first-order valence-electron chi connectivity index (χ1n) is 8.83. The van der Waals surface area contributed by atoms with Crippen LogP contribution in [0.2, 0.25) is 0 Å². The molecule has 112 valence electrons. The van der Waals surface area contributed by atoms with Gasteiger partial charge < -0.3 is 5.73 Å². The molecule has 0 bridgehead atoms. The maximum absolute atomic E-state index is 6.85.